The van der Waals surface area contributed by atoms with Gasteiger partial charge < -0.3 is 10.2 Å². The van der Waals surface area contributed by atoms with Gasteiger partial charge in [0.05, 0.1) is 5.02 Å². The molecule has 0 spiro atoms. The van der Waals surface area contributed by atoms with E-state index in [9.17, 15) is 14.0 Å². The number of benzene rings is 1. The summed E-state index contributed by atoms with van der Waals surface area (Å²) in [5.74, 6) is -1.18. The van der Waals surface area contributed by atoms with E-state index in [1.165, 1.54) is 30.0 Å². The summed E-state index contributed by atoms with van der Waals surface area (Å²) in [6.45, 7) is 5.06. The molecule has 102 valence electrons. The number of halogens is 2. The number of carbonyl (C=O) groups is 2. The molecule has 0 saturated carbocycles. The number of anilines is 1. The van der Waals surface area contributed by atoms with E-state index in [-0.39, 0.29) is 29.9 Å². The molecule has 1 rings (SSSR count). The Bertz CT molecular complexity index is 505. The standard InChI is InChI=1S/C13H14ClFN2O2/c1-3-6-17(9(2)18)8-13(19)16-10-4-5-12(15)11(14)7-10/h3-5,7H,1,6,8H2,2H3,(H,16,19). The van der Waals surface area contributed by atoms with Crippen LogP contribution >= 0.6 is 11.6 Å². The van der Waals surface area contributed by atoms with Gasteiger partial charge in [0.25, 0.3) is 0 Å². The van der Waals surface area contributed by atoms with Gasteiger partial charge >= 0.3 is 0 Å². The zero-order valence-electron chi connectivity index (χ0n) is 10.5. The van der Waals surface area contributed by atoms with E-state index in [4.69, 9.17) is 11.6 Å². The minimum Gasteiger partial charge on any atom is -0.330 e. The maximum absolute atomic E-state index is 12.9. The van der Waals surface area contributed by atoms with Gasteiger partial charge in [0.1, 0.15) is 12.4 Å². The molecule has 0 bridgehead atoms. The first-order chi connectivity index (χ1) is 8.93. The Morgan fingerprint density at radius 1 is 1.53 bits per heavy atom. The molecule has 1 aromatic rings. The van der Waals surface area contributed by atoms with Crippen LogP contribution in [0, 0.1) is 5.82 Å². The smallest absolute Gasteiger partial charge is 0.244 e. The predicted molar refractivity (Wildman–Crippen MR) is 72.5 cm³/mol. The molecule has 0 radical (unpaired) electrons. The molecule has 0 atom stereocenters. The molecule has 4 nitrogen and oxygen atoms in total. The first-order valence-electron chi connectivity index (χ1n) is 5.55. The van der Waals surface area contributed by atoms with Crippen LogP contribution in [-0.2, 0) is 9.59 Å². The predicted octanol–water partition coefficient (Wildman–Crippen LogP) is 2.45. The molecule has 6 heteroatoms. The number of nitrogens with zero attached hydrogens (tertiary/aromatic N) is 1. The van der Waals surface area contributed by atoms with Crippen LogP contribution in [0.4, 0.5) is 10.1 Å². The first kappa shape index (κ1) is 15.2. The van der Waals surface area contributed by atoms with E-state index in [1.54, 1.807) is 0 Å². The van der Waals surface area contributed by atoms with Crippen molar-refractivity contribution in [1.82, 2.24) is 4.90 Å². The summed E-state index contributed by atoms with van der Waals surface area (Å²) >= 11 is 5.60. The number of nitrogens with one attached hydrogen (secondary N) is 1. The van der Waals surface area contributed by atoms with Crippen LogP contribution in [-0.4, -0.2) is 29.8 Å². The Kier molecular flexibility index (Phi) is 5.51. The summed E-state index contributed by atoms with van der Waals surface area (Å²) in [5, 5.41) is 2.46. The molecule has 0 unspecified atom stereocenters. The fourth-order valence-corrected chi connectivity index (χ4v) is 1.59. The SMILES string of the molecule is C=CCN(CC(=O)Nc1ccc(F)c(Cl)c1)C(C)=O. The van der Waals surface area contributed by atoms with Crippen LogP contribution in [0.15, 0.2) is 30.9 Å². The molecule has 0 aromatic heterocycles. The highest BCUT2D eigenvalue weighted by atomic mass is 35.5. The van der Waals surface area contributed by atoms with Gasteiger partial charge in [-0.3, -0.25) is 9.59 Å². The zero-order chi connectivity index (χ0) is 14.4. The second-order valence-electron chi connectivity index (χ2n) is 3.87. The molecular weight excluding hydrogens is 271 g/mol. The molecule has 0 aliphatic carbocycles. The highest BCUT2D eigenvalue weighted by molar-refractivity contribution is 6.31. The lowest BCUT2D eigenvalue weighted by Gasteiger charge is -2.18. The second-order valence-corrected chi connectivity index (χ2v) is 4.27. The van der Waals surface area contributed by atoms with Crippen LogP contribution < -0.4 is 5.32 Å². The fourth-order valence-electron chi connectivity index (χ4n) is 1.41. The maximum Gasteiger partial charge on any atom is 0.244 e. The Labute approximate surface area is 115 Å². The molecule has 0 saturated heterocycles. The lowest BCUT2D eigenvalue weighted by Crippen LogP contribution is -2.36. The highest BCUT2D eigenvalue weighted by Gasteiger charge is 2.12. The van der Waals surface area contributed by atoms with Gasteiger partial charge in [-0.25, -0.2) is 4.39 Å². The summed E-state index contributed by atoms with van der Waals surface area (Å²) < 4.78 is 12.9. The minimum atomic E-state index is -0.559. The van der Waals surface area contributed by atoms with Crippen molar-refractivity contribution >= 4 is 29.1 Å². The number of hydrogen-bond acceptors (Lipinski definition) is 2. The summed E-state index contributed by atoms with van der Waals surface area (Å²) in [4.78, 5) is 24.3. The van der Waals surface area contributed by atoms with Crippen LogP contribution in [0.3, 0.4) is 0 Å². The van der Waals surface area contributed by atoms with Gasteiger partial charge in [0, 0.05) is 19.2 Å². The maximum atomic E-state index is 12.9. The fraction of sp³-hybridized carbons (Fsp3) is 0.231. The molecule has 1 N–H and O–H groups in total. The van der Waals surface area contributed by atoms with Crippen molar-refractivity contribution in [3.05, 3.63) is 41.7 Å². The lowest BCUT2D eigenvalue weighted by atomic mass is 10.3. The topological polar surface area (TPSA) is 49.4 Å². The van der Waals surface area contributed by atoms with Crippen molar-refractivity contribution in [3.8, 4) is 0 Å². The number of hydrogen-bond donors (Lipinski definition) is 1. The molecule has 19 heavy (non-hydrogen) atoms. The third kappa shape index (κ3) is 4.71. The van der Waals surface area contributed by atoms with Crippen LogP contribution in [0.25, 0.3) is 0 Å². The summed E-state index contributed by atoms with van der Waals surface area (Å²) in [5.41, 5.74) is 0.374. The molecule has 0 aliphatic rings. The van der Waals surface area contributed by atoms with Crippen molar-refractivity contribution < 1.29 is 14.0 Å². The van der Waals surface area contributed by atoms with Gasteiger partial charge in [0.15, 0.2) is 0 Å². The molecule has 0 fully saturated rings. The average molecular weight is 285 g/mol. The van der Waals surface area contributed by atoms with Gasteiger partial charge in [-0.15, -0.1) is 6.58 Å². The quantitative estimate of drug-likeness (QED) is 0.845. The molecule has 0 heterocycles. The normalized spacial score (nSPS) is 9.84. The van der Waals surface area contributed by atoms with E-state index >= 15 is 0 Å². The van der Waals surface area contributed by atoms with E-state index in [2.05, 4.69) is 11.9 Å². The van der Waals surface area contributed by atoms with Crippen molar-refractivity contribution in [3.63, 3.8) is 0 Å². The Morgan fingerprint density at radius 2 is 2.21 bits per heavy atom. The van der Waals surface area contributed by atoms with Gasteiger partial charge in [-0.05, 0) is 18.2 Å². The minimum absolute atomic E-state index is 0.0766. The van der Waals surface area contributed by atoms with E-state index in [0.29, 0.717) is 5.69 Å². The van der Waals surface area contributed by atoms with Crippen molar-refractivity contribution in [2.45, 2.75) is 6.92 Å². The summed E-state index contributed by atoms with van der Waals surface area (Å²) in [6.07, 6.45) is 1.53. The largest absolute Gasteiger partial charge is 0.330 e. The Hall–Kier alpha value is -1.88. The lowest BCUT2D eigenvalue weighted by molar-refractivity contribution is -0.132. The average Bonchev–Trinajstić information content (AvgIpc) is 2.33. The molecular formula is C13H14ClFN2O2. The van der Waals surface area contributed by atoms with Crippen LogP contribution in [0.1, 0.15) is 6.92 Å². The number of amides is 2. The van der Waals surface area contributed by atoms with Crippen LogP contribution in [0.2, 0.25) is 5.02 Å². The molecule has 1 aromatic carbocycles. The van der Waals surface area contributed by atoms with Crippen molar-refractivity contribution in [2.24, 2.45) is 0 Å². The number of carbonyl (C=O) groups excluding carboxylic acids is 2. The van der Waals surface area contributed by atoms with Gasteiger partial charge in [-0.1, -0.05) is 17.7 Å². The third-order valence-corrected chi connectivity index (χ3v) is 2.62. The van der Waals surface area contributed by atoms with E-state index in [0.717, 1.165) is 6.07 Å². The Morgan fingerprint density at radius 3 is 2.74 bits per heavy atom. The van der Waals surface area contributed by atoms with Crippen molar-refractivity contribution in [2.75, 3.05) is 18.4 Å². The molecule has 0 aliphatic heterocycles. The van der Waals surface area contributed by atoms with E-state index < -0.39 is 5.82 Å². The summed E-state index contributed by atoms with van der Waals surface area (Å²) in [6, 6.07) is 3.86. The first-order valence-corrected chi connectivity index (χ1v) is 5.93. The highest BCUT2D eigenvalue weighted by Crippen LogP contribution is 2.19. The summed E-state index contributed by atoms with van der Waals surface area (Å²) in [7, 11) is 0. The van der Waals surface area contributed by atoms with Crippen molar-refractivity contribution in [1.29, 1.82) is 0 Å². The van der Waals surface area contributed by atoms with Gasteiger partial charge in [0.2, 0.25) is 11.8 Å². The number of rotatable bonds is 5. The molecule has 2 amide bonds. The zero-order valence-corrected chi connectivity index (χ0v) is 11.2. The van der Waals surface area contributed by atoms with E-state index in [1.807, 2.05) is 0 Å². The Balaban J connectivity index is 2.65. The monoisotopic (exact) mass is 284 g/mol. The van der Waals surface area contributed by atoms with Crippen LogP contribution in [0.5, 0.6) is 0 Å². The second kappa shape index (κ2) is 6.89. The third-order valence-electron chi connectivity index (χ3n) is 2.33. The van der Waals surface area contributed by atoms with Gasteiger partial charge in [-0.2, -0.15) is 0 Å².